The molecule has 5 rings (SSSR count). The number of nitrogens with zero attached hydrogens (tertiary/aromatic N) is 2. The number of hydrogen-bond acceptors (Lipinski definition) is 14. The summed E-state index contributed by atoms with van der Waals surface area (Å²) >= 11 is 0. The predicted octanol–water partition coefficient (Wildman–Crippen LogP) is -1.12. The molecular weight excluding hydrogens is 875 g/mol. The number of nitrogens with one attached hydrogen (secondary N) is 2. The van der Waals surface area contributed by atoms with Gasteiger partial charge in [-0.3, -0.25) is 9.59 Å². The van der Waals surface area contributed by atoms with Crippen molar-refractivity contribution in [2.75, 3.05) is 19.8 Å². The maximum atomic E-state index is 13.3. The molecule has 0 aromatic heterocycles. The van der Waals surface area contributed by atoms with Crippen molar-refractivity contribution < 1.29 is 114 Å². The molecule has 5 saturated carbocycles. The van der Waals surface area contributed by atoms with E-state index < -0.39 is 78.7 Å². The maximum Gasteiger partial charge on any atom is 1.00 e. The van der Waals surface area contributed by atoms with Crippen molar-refractivity contribution >= 4 is 32.1 Å². The molecule has 20 heteroatoms. The summed E-state index contributed by atoms with van der Waals surface area (Å²) in [6.45, 7) is 4.82. The van der Waals surface area contributed by atoms with Gasteiger partial charge >= 0.3 is 59.1 Å². The molecule has 0 saturated heterocycles. The van der Waals surface area contributed by atoms with E-state index in [4.69, 9.17) is 9.47 Å². The van der Waals surface area contributed by atoms with E-state index in [0.29, 0.717) is 51.9 Å². The number of hydrogen-bond donors (Lipinski definition) is 4. The Bertz CT molecular complexity index is 1640. The van der Waals surface area contributed by atoms with Gasteiger partial charge in [-0.25, -0.2) is 16.8 Å². The fraction of sp³-hybridized carbons (Fsp3) is 0.953. The molecule has 0 bridgehead atoms. The Hall–Kier alpha value is 0.200. The Morgan fingerprint density at radius 1 is 0.714 bits per heavy atom. The molecule has 0 heterocycles. The Morgan fingerprint density at radius 2 is 1.32 bits per heavy atom. The number of aliphatic hydroxyl groups is 2. The standard InChI is InChI=1S/C43H76N4O12S2.2Na/c1-3-4-5-6-7-8-9-10-11-14-21-44-43(51)35-27-37(33-15-12-13-16-34(33)41(35)49)59-23-22-58-31-19-17-30(18-20-31)46-47-40-38(61(55,56)57)25-29-24-32(60(52,53)54)26-36(45-28(2)48)39(29)42(40)50;;/h29-42,49-50H,3-27H2,1-2H3,(H,44,51)(H,45,48)(H,52,53,54)(H,55,56,57);;/q;2*+1/p-2. The van der Waals surface area contributed by atoms with Crippen molar-refractivity contribution in [3.63, 3.8) is 0 Å². The van der Waals surface area contributed by atoms with Gasteiger partial charge in [0.1, 0.15) is 6.04 Å². The van der Waals surface area contributed by atoms with Gasteiger partial charge in [0.25, 0.3) is 0 Å². The number of azo groups is 1. The van der Waals surface area contributed by atoms with Crippen LogP contribution < -0.4 is 69.7 Å². The third-order valence-electron chi connectivity index (χ3n) is 14.6. The van der Waals surface area contributed by atoms with Crippen LogP contribution in [0.4, 0.5) is 0 Å². The van der Waals surface area contributed by atoms with Crippen LogP contribution in [-0.4, -0.2) is 121 Å². The summed E-state index contributed by atoms with van der Waals surface area (Å²) in [5.41, 5.74) is 0. The maximum absolute atomic E-state index is 13.3. The number of aliphatic hydroxyl groups excluding tert-OH is 2. The van der Waals surface area contributed by atoms with Gasteiger partial charge in [0.05, 0.1) is 80.3 Å². The van der Waals surface area contributed by atoms with Gasteiger partial charge in [-0.05, 0) is 88.4 Å². The molecule has 12 atom stereocenters. The molecular formula is C43H74N4Na2O12S2. The molecule has 0 spiro atoms. The first kappa shape index (κ1) is 57.5. The average Bonchev–Trinajstić information content (AvgIpc) is 3.21. The summed E-state index contributed by atoms with van der Waals surface area (Å²) in [6, 6.07) is -2.64. The van der Waals surface area contributed by atoms with E-state index in [0.717, 1.165) is 38.5 Å². The third-order valence-corrected chi connectivity index (χ3v) is 17.0. The van der Waals surface area contributed by atoms with Crippen molar-refractivity contribution in [2.45, 2.75) is 208 Å². The molecule has 5 aliphatic rings. The number of rotatable bonds is 22. The Kier molecular flexibility index (Phi) is 25.6. The van der Waals surface area contributed by atoms with Crippen molar-refractivity contribution in [3.8, 4) is 0 Å². The van der Waals surface area contributed by atoms with Crippen LogP contribution in [0.15, 0.2) is 10.2 Å². The average molecular weight is 949 g/mol. The van der Waals surface area contributed by atoms with Crippen molar-refractivity contribution in [3.05, 3.63) is 0 Å². The Balaban J connectivity index is 0.00000528. The van der Waals surface area contributed by atoms with Gasteiger partial charge in [0.15, 0.2) is 0 Å². The van der Waals surface area contributed by atoms with Crippen LogP contribution in [0.2, 0.25) is 0 Å². The van der Waals surface area contributed by atoms with Crippen LogP contribution in [0.5, 0.6) is 0 Å². The molecule has 0 aromatic carbocycles. The molecule has 12 unspecified atom stereocenters. The second kappa shape index (κ2) is 28.0. The van der Waals surface area contributed by atoms with E-state index in [-0.39, 0.29) is 114 Å². The molecule has 0 aliphatic heterocycles. The summed E-state index contributed by atoms with van der Waals surface area (Å²) in [6.07, 6.45) is 16.1. The fourth-order valence-electron chi connectivity index (χ4n) is 11.4. The van der Waals surface area contributed by atoms with Crippen LogP contribution in [0.25, 0.3) is 0 Å². The van der Waals surface area contributed by atoms with Gasteiger partial charge in [0, 0.05) is 25.4 Å². The fourth-order valence-corrected chi connectivity index (χ4v) is 13.3. The van der Waals surface area contributed by atoms with E-state index in [9.17, 15) is 45.7 Å². The molecule has 2 amide bonds. The number of amides is 2. The van der Waals surface area contributed by atoms with Crippen molar-refractivity contribution in [1.29, 1.82) is 0 Å². The van der Waals surface area contributed by atoms with Gasteiger partial charge in [-0.2, -0.15) is 10.2 Å². The van der Waals surface area contributed by atoms with E-state index in [2.05, 4.69) is 27.8 Å². The molecule has 0 radical (unpaired) electrons. The second-order valence-electron chi connectivity index (χ2n) is 18.8. The first-order valence-corrected chi connectivity index (χ1v) is 26.5. The monoisotopic (exact) mass is 948 g/mol. The molecule has 16 nitrogen and oxygen atoms in total. The SMILES string of the molecule is CCCCCCCCCCCCNC(=O)C1CC(OCCOC2CCC(N=NC3C(O)C4C(CC(S(=O)(=O)[O-])CC4NC(C)=O)CC3S(=O)(=O)[O-])CC2)C2CCCCC2C1O.[Na+].[Na+]. The van der Waals surface area contributed by atoms with Gasteiger partial charge in [-0.1, -0.05) is 77.6 Å². The Morgan fingerprint density at radius 3 is 1.92 bits per heavy atom. The molecule has 352 valence electrons. The van der Waals surface area contributed by atoms with E-state index in [1.807, 2.05) is 0 Å². The van der Waals surface area contributed by atoms with E-state index >= 15 is 0 Å². The largest absolute Gasteiger partial charge is 1.00 e. The second-order valence-corrected chi connectivity index (χ2v) is 22.1. The number of carbonyl (C=O) groups is 2. The van der Waals surface area contributed by atoms with Crippen LogP contribution >= 0.6 is 0 Å². The molecule has 63 heavy (non-hydrogen) atoms. The van der Waals surface area contributed by atoms with Crippen LogP contribution in [0, 0.1) is 29.6 Å². The minimum atomic E-state index is -5.01. The van der Waals surface area contributed by atoms with E-state index in [1.165, 1.54) is 58.3 Å². The summed E-state index contributed by atoms with van der Waals surface area (Å²) in [5, 5.41) is 34.1. The van der Waals surface area contributed by atoms with Crippen LogP contribution in [0.1, 0.15) is 155 Å². The minimum Gasteiger partial charge on any atom is -0.748 e. The van der Waals surface area contributed by atoms with Gasteiger partial charge in [0.2, 0.25) is 11.8 Å². The van der Waals surface area contributed by atoms with Gasteiger partial charge < -0.3 is 39.4 Å². The Labute approximate surface area is 421 Å². The predicted molar refractivity (Wildman–Crippen MR) is 226 cm³/mol. The zero-order chi connectivity index (χ0) is 44.2. The molecule has 0 aromatic rings. The quantitative estimate of drug-likeness (QED) is 0.0436. The summed E-state index contributed by atoms with van der Waals surface area (Å²) in [7, 11) is -9.79. The number of ether oxygens (including phenoxy) is 2. The molecule has 5 fully saturated rings. The van der Waals surface area contributed by atoms with Crippen molar-refractivity contribution in [2.24, 2.45) is 39.8 Å². The van der Waals surface area contributed by atoms with Crippen LogP contribution in [-0.2, 0) is 39.3 Å². The summed E-state index contributed by atoms with van der Waals surface area (Å²) in [4.78, 5) is 25.4. The van der Waals surface area contributed by atoms with Crippen LogP contribution in [0.3, 0.4) is 0 Å². The first-order valence-electron chi connectivity index (χ1n) is 23.5. The first-order chi connectivity index (χ1) is 29.1. The number of fused-ring (bicyclic) bond motifs is 2. The smallest absolute Gasteiger partial charge is 0.748 e. The molecule has 5 aliphatic carbocycles. The third kappa shape index (κ3) is 17.3. The molecule has 4 N–H and O–H groups in total. The normalized spacial score (nSPS) is 34.8. The van der Waals surface area contributed by atoms with E-state index in [1.54, 1.807) is 0 Å². The summed E-state index contributed by atoms with van der Waals surface area (Å²) < 4.78 is 85.8. The number of unbranched alkanes of at least 4 members (excludes halogenated alkanes) is 9. The minimum absolute atomic E-state index is 0. The van der Waals surface area contributed by atoms with Crippen molar-refractivity contribution in [1.82, 2.24) is 10.6 Å². The zero-order valence-corrected chi connectivity index (χ0v) is 44.1. The zero-order valence-electron chi connectivity index (χ0n) is 38.4. The summed E-state index contributed by atoms with van der Waals surface area (Å²) in [5.74, 6) is -2.45. The number of carbonyl (C=O) groups excluding carboxylic acids is 2. The van der Waals surface area contributed by atoms with Gasteiger partial charge in [-0.15, -0.1) is 0 Å². The topological polar surface area (TPSA) is 256 Å².